The molecule has 0 N–H and O–H groups in total. The number of nitro benzene ring substituents is 1. The quantitative estimate of drug-likeness (QED) is 0.455. The van der Waals surface area contributed by atoms with Crippen LogP contribution in [-0.4, -0.2) is 22.4 Å². The van der Waals surface area contributed by atoms with Crippen LogP contribution in [-0.2, 0) is 16.2 Å². The third-order valence-electron chi connectivity index (χ3n) is 3.60. The van der Waals surface area contributed by atoms with Gasteiger partial charge < -0.3 is 0 Å². The number of para-hydroxylation sites is 1. The molecule has 1 fully saturated rings. The Morgan fingerprint density at radius 1 is 1.30 bits per heavy atom. The predicted octanol–water partition coefficient (Wildman–Crippen LogP) is 2.82. The summed E-state index contributed by atoms with van der Waals surface area (Å²) < 4.78 is 0. The maximum atomic E-state index is 11.1. The Balaban J connectivity index is 1.99. The molecule has 2 rings (SSSR count). The minimum atomic E-state index is -0.440. The highest BCUT2D eigenvalue weighted by molar-refractivity contribution is 5.46. The van der Waals surface area contributed by atoms with Crippen LogP contribution in [0.1, 0.15) is 37.7 Å². The third-order valence-corrected chi connectivity index (χ3v) is 3.60. The smallest absolute Gasteiger partial charge is 0.275 e. The summed E-state index contributed by atoms with van der Waals surface area (Å²) in [5, 5.41) is 12.2. The second-order valence-corrected chi connectivity index (χ2v) is 4.92. The van der Waals surface area contributed by atoms with Crippen LogP contribution in [0.5, 0.6) is 0 Å². The summed E-state index contributed by atoms with van der Waals surface area (Å²) in [7, 11) is 0. The fourth-order valence-corrected chi connectivity index (χ4v) is 2.51. The van der Waals surface area contributed by atoms with E-state index >= 15 is 0 Å². The van der Waals surface area contributed by atoms with Crippen molar-refractivity contribution in [1.82, 2.24) is 5.06 Å². The molecule has 1 aliphatic carbocycles. The van der Waals surface area contributed by atoms with Crippen molar-refractivity contribution < 1.29 is 14.6 Å². The molecule has 1 aromatic rings. The SMILES string of the molecule is O=CN(OCc1ccccc1[N+](=O)[O-])C1CCCCC1. The van der Waals surface area contributed by atoms with Crippen LogP contribution in [0.4, 0.5) is 5.69 Å². The van der Waals surface area contributed by atoms with Gasteiger partial charge in [0.25, 0.3) is 5.69 Å². The van der Waals surface area contributed by atoms with E-state index in [0.717, 1.165) is 25.7 Å². The molecule has 0 atom stereocenters. The van der Waals surface area contributed by atoms with Gasteiger partial charge in [0, 0.05) is 6.07 Å². The monoisotopic (exact) mass is 278 g/mol. The van der Waals surface area contributed by atoms with Gasteiger partial charge in [0.2, 0.25) is 6.41 Å². The fraction of sp³-hybridized carbons (Fsp3) is 0.500. The van der Waals surface area contributed by atoms with Gasteiger partial charge in [-0.15, -0.1) is 0 Å². The van der Waals surface area contributed by atoms with Gasteiger partial charge in [0.1, 0.15) is 6.61 Å². The lowest BCUT2D eigenvalue weighted by molar-refractivity contribution is -0.386. The number of hydrogen-bond donors (Lipinski definition) is 0. The summed E-state index contributed by atoms with van der Waals surface area (Å²) in [6.07, 6.45) is 5.89. The van der Waals surface area contributed by atoms with Gasteiger partial charge in [0.15, 0.2) is 0 Å². The van der Waals surface area contributed by atoms with Crippen molar-refractivity contribution >= 4 is 12.1 Å². The topological polar surface area (TPSA) is 72.7 Å². The van der Waals surface area contributed by atoms with Crippen molar-refractivity contribution in [1.29, 1.82) is 0 Å². The molecule has 0 aliphatic heterocycles. The number of carbonyl (C=O) groups excluding carboxylic acids is 1. The van der Waals surface area contributed by atoms with Crippen LogP contribution >= 0.6 is 0 Å². The second kappa shape index (κ2) is 7.00. The summed E-state index contributed by atoms with van der Waals surface area (Å²) in [5.41, 5.74) is 0.488. The highest BCUT2D eigenvalue weighted by Gasteiger charge is 2.22. The molecule has 1 saturated carbocycles. The average molecular weight is 278 g/mol. The van der Waals surface area contributed by atoms with Gasteiger partial charge in [-0.2, -0.15) is 0 Å². The molecule has 1 amide bonds. The molecule has 0 aromatic heterocycles. The van der Waals surface area contributed by atoms with Gasteiger partial charge in [0.05, 0.1) is 16.5 Å². The highest BCUT2D eigenvalue weighted by Crippen LogP contribution is 2.24. The van der Waals surface area contributed by atoms with Gasteiger partial charge >= 0.3 is 0 Å². The molecule has 0 radical (unpaired) electrons. The highest BCUT2D eigenvalue weighted by atomic mass is 16.7. The Morgan fingerprint density at radius 2 is 2.00 bits per heavy atom. The standard InChI is InChI=1S/C14H18N2O4/c17-11-15(13-7-2-1-3-8-13)20-10-12-6-4-5-9-14(12)16(18)19/h4-6,9,11,13H,1-3,7-8,10H2. The molecular weight excluding hydrogens is 260 g/mol. The molecule has 0 saturated heterocycles. The molecule has 20 heavy (non-hydrogen) atoms. The van der Waals surface area contributed by atoms with E-state index in [0.29, 0.717) is 12.0 Å². The van der Waals surface area contributed by atoms with Crippen molar-refractivity contribution in [2.45, 2.75) is 44.8 Å². The largest absolute Gasteiger partial charge is 0.276 e. The molecule has 0 heterocycles. The van der Waals surface area contributed by atoms with E-state index in [9.17, 15) is 14.9 Å². The van der Waals surface area contributed by atoms with E-state index < -0.39 is 4.92 Å². The lowest BCUT2D eigenvalue weighted by Gasteiger charge is -2.30. The summed E-state index contributed by atoms with van der Waals surface area (Å²) in [4.78, 5) is 27.0. The van der Waals surface area contributed by atoms with Crippen molar-refractivity contribution in [2.75, 3.05) is 0 Å². The number of nitrogens with zero attached hydrogens (tertiary/aromatic N) is 2. The number of nitro groups is 1. The summed E-state index contributed by atoms with van der Waals surface area (Å²) in [6.45, 7) is 0.0341. The molecule has 0 unspecified atom stereocenters. The van der Waals surface area contributed by atoms with E-state index in [4.69, 9.17) is 4.84 Å². The van der Waals surface area contributed by atoms with Crippen molar-refractivity contribution in [2.24, 2.45) is 0 Å². The first-order valence-corrected chi connectivity index (χ1v) is 6.81. The van der Waals surface area contributed by atoms with Crippen LogP contribution in [0.2, 0.25) is 0 Å². The number of amides is 1. The molecule has 108 valence electrons. The summed E-state index contributed by atoms with van der Waals surface area (Å²) in [5.74, 6) is 0. The second-order valence-electron chi connectivity index (χ2n) is 4.92. The minimum Gasteiger partial charge on any atom is -0.276 e. The van der Waals surface area contributed by atoms with E-state index in [1.54, 1.807) is 18.2 Å². The van der Waals surface area contributed by atoms with Crippen molar-refractivity contribution in [3.63, 3.8) is 0 Å². The van der Waals surface area contributed by atoms with Gasteiger partial charge in [-0.05, 0) is 18.9 Å². The molecule has 6 heteroatoms. The molecule has 6 nitrogen and oxygen atoms in total. The normalized spacial score (nSPS) is 15.8. The van der Waals surface area contributed by atoms with E-state index in [-0.39, 0.29) is 18.3 Å². The number of hydroxylamine groups is 2. The Kier molecular flexibility index (Phi) is 5.06. The van der Waals surface area contributed by atoms with Gasteiger partial charge in [-0.25, -0.2) is 5.06 Å². The zero-order valence-corrected chi connectivity index (χ0v) is 11.2. The van der Waals surface area contributed by atoms with Gasteiger partial charge in [-0.3, -0.25) is 19.7 Å². The van der Waals surface area contributed by atoms with E-state index in [2.05, 4.69) is 0 Å². The molecule has 0 bridgehead atoms. The molecule has 1 aromatic carbocycles. The Bertz CT molecular complexity index is 472. The molecule has 0 spiro atoms. The average Bonchev–Trinajstić information content (AvgIpc) is 2.49. The van der Waals surface area contributed by atoms with Crippen LogP contribution in [0.15, 0.2) is 24.3 Å². The van der Waals surface area contributed by atoms with Crippen molar-refractivity contribution in [3.8, 4) is 0 Å². The minimum absolute atomic E-state index is 0.0157. The predicted molar refractivity (Wildman–Crippen MR) is 72.7 cm³/mol. The van der Waals surface area contributed by atoms with Crippen LogP contribution in [0.3, 0.4) is 0 Å². The first-order chi connectivity index (χ1) is 9.72. The Hall–Kier alpha value is -1.95. The third kappa shape index (κ3) is 3.54. The zero-order chi connectivity index (χ0) is 14.4. The molecule has 1 aliphatic rings. The first-order valence-electron chi connectivity index (χ1n) is 6.81. The van der Waals surface area contributed by atoms with Crippen LogP contribution < -0.4 is 0 Å². The maximum Gasteiger partial charge on any atom is 0.275 e. The fourth-order valence-electron chi connectivity index (χ4n) is 2.51. The number of benzene rings is 1. The van der Waals surface area contributed by atoms with Crippen LogP contribution in [0.25, 0.3) is 0 Å². The molecular formula is C14H18N2O4. The summed E-state index contributed by atoms with van der Waals surface area (Å²) >= 11 is 0. The number of carbonyl (C=O) groups is 1. The Morgan fingerprint density at radius 3 is 2.65 bits per heavy atom. The number of rotatable bonds is 6. The van der Waals surface area contributed by atoms with Crippen LogP contribution in [0, 0.1) is 10.1 Å². The Labute approximate surface area is 117 Å². The van der Waals surface area contributed by atoms with Gasteiger partial charge in [-0.1, -0.05) is 31.4 Å². The first kappa shape index (κ1) is 14.5. The zero-order valence-electron chi connectivity index (χ0n) is 11.2. The maximum absolute atomic E-state index is 11.1. The van der Waals surface area contributed by atoms with Crippen molar-refractivity contribution in [3.05, 3.63) is 39.9 Å². The lowest BCUT2D eigenvalue weighted by atomic mass is 9.95. The number of hydrogen-bond acceptors (Lipinski definition) is 4. The van der Waals surface area contributed by atoms with E-state index in [1.807, 2.05) is 0 Å². The van der Waals surface area contributed by atoms with E-state index in [1.165, 1.54) is 17.6 Å². The lowest BCUT2D eigenvalue weighted by Crippen LogP contribution is -2.35. The summed E-state index contributed by atoms with van der Waals surface area (Å²) in [6, 6.07) is 6.49.